The van der Waals surface area contributed by atoms with Gasteiger partial charge in [0.2, 0.25) is 0 Å². The summed E-state index contributed by atoms with van der Waals surface area (Å²) in [5.74, 6) is -0.0787. The molecule has 0 aliphatic carbocycles. The highest BCUT2D eigenvalue weighted by atomic mass is 35.5. The molecule has 0 aliphatic rings. The van der Waals surface area contributed by atoms with Crippen molar-refractivity contribution in [3.05, 3.63) is 69.7 Å². The van der Waals surface area contributed by atoms with E-state index in [0.29, 0.717) is 21.2 Å². The third-order valence-electron chi connectivity index (χ3n) is 2.17. The first-order valence-electron chi connectivity index (χ1n) is 4.72. The molecule has 0 fully saturated rings. The zero-order chi connectivity index (χ0) is 11.5. The molecule has 0 amide bonds. The maximum absolute atomic E-state index is 12.0. The SMILES string of the molecule is O=C(c1cccc(Cl)c1)c1cccc(Cl)c1. The Morgan fingerprint density at radius 1 is 0.812 bits per heavy atom. The number of carbonyl (C=O) groups excluding carboxylic acids is 1. The Morgan fingerprint density at radius 3 is 1.62 bits per heavy atom. The summed E-state index contributed by atoms with van der Waals surface area (Å²) in [5.41, 5.74) is 1.13. The van der Waals surface area contributed by atoms with Gasteiger partial charge in [0.05, 0.1) is 0 Å². The Kier molecular flexibility index (Phi) is 3.28. The van der Waals surface area contributed by atoms with E-state index in [4.69, 9.17) is 23.2 Å². The van der Waals surface area contributed by atoms with Crippen LogP contribution in [0, 0.1) is 0 Å². The summed E-state index contributed by atoms with van der Waals surface area (Å²) >= 11 is 11.7. The molecular weight excluding hydrogens is 243 g/mol. The highest BCUT2D eigenvalue weighted by Gasteiger charge is 2.09. The molecule has 3 heteroatoms. The molecule has 0 radical (unpaired) electrons. The minimum absolute atomic E-state index is 0.0787. The van der Waals surface area contributed by atoms with E-state index in [9.17, 15) is 4.79 Å². The lowest BCUT2D eigenvalue weighted by Crippen LogP contribution is -2.00. The van der Waals surface area contributed by atoms with E-state index >= 15 is 0 Å². The quantitative estimate of drug-likeness (QED) is 0.730. The Bertz CT molecular complexity index is 487. The van der Waals surface area contributed by atoms with Gasteiger partial charge in [0, 0.05) is 21.2 Å². The van der Waals surface area contributed by atoms with Crippen molar-refractivity contribution < 1.29 is 4.79 Å². The van der Waals surface area contributed by atoms with E-state index in [1.165, 1.54) is 0 Å². The highest BCUT2D eigenvalue weighted by molar-refractivity contribution is 6.32. The fraction of sp³-hybridized carbons (Fsp3) is 0. The molecule has 2 aromatic carbocycles. The summed E-state index contributed by atoms with van der Waals surface area (Å²) in [6, 6.07) is 13.7. The van der Waals surface area contributed by atoms with Crippen LogP contribution in [0.1, 0.15) is 15.9 Å². The lowest BCUT2D eigenvalue weighted by atomic mass is 10.0. The molecule has 0 saturated heterocycles. The minimum atomic E-state index is -0.0787. The van der Waals surface area contributed by atoms with Crippen LogP contribution in [0.25, 0.3) is 0 Å². The summed E-state index contributed by atoms with van der Waals surface area (Å²) in [6.07, 6.45) is 0. The first-order chi connectivity index (χ1) is 7.66. The van der Waals surface area contributed by atoms with Crippen LogP contribution < -0.4 is 0 Å². The minimum Gasteiger partial charge on any atom is -0.289 e. The number of hydrogen-bond donors (Lipinski definition) is 0. The average molecular weight is 251 g/mol. The first-order valence-corrected chi connectivity index (χ1v) is 5.48. The van der Waals surface area contributed by atoms with Crippen LogP contribution >= 0.6 is 23.2 Å². The van der Waals surface area contributed by atoms with Crippen LogP contribution in [0.5, 0.6) is 0 Å². The van der Waals surface area contributed by atoms with Crippen molar-refractivity contribution in [2.24, 2.45) is 0 Å². The molecule has 0 saturated carbocycles. The molecule has 0 aromatic heterocycles. The molecule has 16 heavy (non-hydrogen) atoms. The Balaban J connectivity index is 2.39. The molecule has 80 valence electrons. The summed E-state index contributed by atoms with van der Waals surface area (Å²) in [6.45, 7) is 0. The van der Waals surface area contributed by atoms with Gasteiger partial charge < -0.3 is 0 Å². The third-order valence-corrected chi connectivity index (χ3v) is 2.64. The van der Waals surface area contributed by atoms with Crippen molar-refractivity contribution >= 4 is 29.0 Å². The van der Waals surface area contributed by atoms with Crippen molar-refractivity contribution in [2.75, 3.05) is 0 Å². The summed E-state index contributed by atoms with van der Waals surface area (Å²) < 4.78 is 0. The van der Waals surface area contributed by atoms with Crippen molar-refractivity contribution in [3.8, 4) is 0 Å². The monoisotopic (exact) mass is 250 g/mol. The zero-order valence-electron chi connectivity index (χ0n) is 8.28. The van der Waals surface area contributed by atoms with Gasteiger partial charge in [-0.2, -0.15) is 0 Å². The maximum Gasteiger partial charge on any atom is 0.193 e. The molecule has 2 aromatic rings. The predicted molar refractivity (Wildman–Crippen MR) is 66.3 cm³/mol. The molecule has 0 heterocycles. The molecule has 1 nitrogen and oxygen atoms in total. The van der Waals surface area contributed by atoms with Gasteiger partial charge in [-0.3, -0.25) is 4.79 Å². The molecule has 0 bridgehead atoms. The molecule has 0 spiro atoms. The van der Waals surface area contributed by atoms with Gasteiger partial charge in [-0.1, -0.05) is 47.5 Å². The van der Waals surface area contributed by atoms with Gasteiger partial charge in [-0.05, 0) is 24.3 Å². The lowest BCUT2D eigenvalue weighted by Gasteiger charge is -2.01. The molecule has 0 unspecified atom stereocenters. The Hall–Kier alpha value is -1.31. The van der Waals surface area contributed by atoms with E-state index in [2.05, 4.69) is 0 Å². The van der Waals surface area contributed by atoms with E-state index in [1.54, 1.807) is 48.5 Å². The van der Waals surface area contributed by atoms with Crippen molar-refractivity contribution in [1.29, 1.82) is 0 Å². The normalized spacial score (nSPS) is 10.1. The predicted octanol–water partition coefficient (Wildman–Crippen LogP) is 4.22. The number of ketones is 1. The first kappa shape index (κ1) is 11.2. The highest BCUT2D eigenvalue weighted by Crippen LogP contribution is 2.17. The topological polar surface area (TPSA) is 17.1 Å². The number of carbonyl (C=O) groups is 1. The number of hydrogen-bond acceptors (Lipinski definition) is 1. The summed E-state index contributed by atoms with van der Waals surface area (Å²) in [5, 5.41) is 1.10. The standard InChI is InChI=1S/C13H8Cl2O/c14-11-5-1-3-9(7-11)13(16)10-4-2-6-12(15)8-10/h1-8H. The van der Waals surface area contributed by atoms with E-state index in [1.807, 2.05) is 0 Å². The number of benzene rings is 2. The van der Waals surface area contributed by atoms with Crippen molar-refractivity contribution in [3.63, 3.8) is 0 Å². The van der Waals surface area contributed by atoms with Crippen LogP contribution in [0.15, 0.2) is 48.5 Å². The van der Waals surface area contributed by atoms with Gasteiger partial charge in [0.1, 0.15) is 0 Å². The van der Waals surface area contributed by atoms with E-state index in [-0.39, 0.29) is 5.78 Å². The van der Waals surface area contributed by atoms with E-state index in [0.717, 1.165) is 0 Å². The van der Waals surface area contributed by atoms with Crippen LogP contribution in [-0.4, -0.2) is 5.78 Å². The Labute approximate surface area is 104 Å². The molecular formula is C13H8Cl2O. The molecule has 0 atom stereocenters. The van der Waals surface area contributed by atoms with Crippen molar-refractivity contribution in [1.82, 2.24) is 0 Å². The summed E-state index contributed by atoms with van der Waals surface area (Å²) in [7, 11) is 0. The van der Waals surface area contributed by atoms with Gasteiger partial charge >= 0.3 is 0 Å². The number of rotatable bonds is 2. The molecule has 0 aliphatic heterocycles. The second kappa shape index (κ2) is 4.69. The average Bonchev–Trinajstić information content (AvgIpc) is 2.28. The van der Waals surface area contributed by atoms with Gasteiger partial charge in [0.25, 0.3) is 0 Å². The fourth-order valence-corrected chi connectivity index (χ4v) is 1.81. The van der Waals surface area contributed by atoms with Crippen LogP contribution in [0.3, 0.4) is 0 Å². The maximum atomic E-state index is 12.0. The van der Waals surface area contributed by atoms with Crippen LogP contribution in [0.4, 0.5) is 0 Å². The molecule has 2 rings (SSSR count). The van der Waals surface area contributed by atoms with Gasteiger partial charge in [-0.25, -0.2) is 0 Å². The lowest BCUT2D eigenvalue weighted by molar-refractivity contribution is 0.103. The van der Waals surface area contributed by atoms with E-state index < -0.39 is 0 Å². The van der Waals surface area contributed by atoms with Crippen LogP contribution in [-0.2, 0) is 0 Å². The smallest absolute Gasteiger partial charge is 0.193 e. The second-order valence-corrected chi connectivity index (χ2v) is 4.22. The van der Waals surface area contributed by atoms with Crippen molar-refractivity contribution in [2.45, 2.75) is 0 Å². The van der Waals surface area contributed by atoms with Gasteiger partial charge in [0.15, 0.2) is 5.78 Å². The third kappa shape index (κ3) is 2.43. The molecule has 0 N–H and O–H groups in total. The zero-order valence-corrected chi connectivity index (χ0v) is 9.79. The van der Waals surface area contributed by atoms with Crippen LogP contribution in [0.2, 0.25) is 10.0 Å². The largest absolute Gasteiger partial charge is 0.289 e. The Morgan fingerprint density at radius 2 is 1.25 bits per heavy atom. The number of halogens is 2. The fourth-order valence-electron chi connectivity index (χ4n) is 1.43. The van der Waals surface area contributed by atoms with Gasteiger partial charge in [-0.15, -0.1) is 0 Å². The second-order valence-electron chi connectivity index (χ2n) is 3.35. The summed E-state index contributed by atoms with van der Waals surface area (Å²) in [4.78, 5) is 12.0.